The van der Waals surface area contributed by atoms with Gasteiger partial charge >= 0.3 is 0 Å². The monoisotopic (exact) mass is 247 g/mol. The third kappa shape index (κ3) is 3.22. The van der Waals surface area contributed by atoms with E-state index in [1.165, 1.54) is 12.8 Å². The second kappa shape index (κ2) is 5.85. The largest absolute Gasteiger partial charge is 0.369 e. The first-order chi connectivity index (χ1) is 8.72. The molecule has 0 atom stereocenters. The molecule has 98 valence electrons. The summed E-state index contributed by atoms with van der Waals surface area (Å²) < 4.78 is 0. The average Bonchev–Trinajstić information content (AvgIpc) is 3.19. The molecule has 18 heavy (non-hydrogen) atoms. The summed E-state index contributed by atoms with van der Waals surface area (Å²) in [5.74, 6) is 1.48. The summed E-state index contributed by atoms with van der Waals surface area (Å²) in [4.78, 5) is 18.4. The Balaban J connectivity index is 2.07. The van der Waals surface area contributed by atoms with Gasteiger partial charge in [-0.1, -0.05) is 6.92 Å². The molecule has 0 spiro atoms. The maximum atomic E-state index is 12.3. The molecule has 2 rings (SSSR count). The number of nitrogens with one attached hydrogen (secondary N) is 1. The summed E-state index contributed by atoms with van der Waals surface area (Å²) >= 11 is 0. The Morgan fingerprint density at radius 3 is 3.00 bits per heavy atom. The van der Waals surface area contributed by atoms with Crippen molar-refractivity contribution < 1.29 is 4.79 Å². The van der Waals surface area contributed by atoms with Crippen LogP contribution in [0.5, 0.6) is 0 Å². The lowest BCUT2D eigenvalue weighted by molar-refractivity contribution is 0.0789. The Kier molecular flexibility index (Phi) is 4.18. The molecule has 0 bridgehead atoms. The van der Waals surface area contributed by atoms with Crippen LogP contribution < -0.4 is 5.32 Å². The van der Waals surface area contributed by atoms with Crippen LogP contribution in [-0.2, 0) is 0 Å². The number of aromatic nitrogens is 1. The summed E-state index contributed by atoms with van der Waals surface area (Å²) in [5, 5.41) is 3.21. The van der Waals surface area contributed by atoms with Crippen LogP contribution in [0.3, 0.4) is 0 Å². The Bertz CT molecular complexity index is 415. The van der Waals surface area contributed by atoms with E-state index in [0.717, 1.165) is 19.5 Å². The fourth-order valence-corrected chi connectivity index (χ4v) is 1.94. The van der Waals surface area contributed by atoms with Crippen LogP contribution in [0.15, 0.2) is 18.3 Å². The number of rotatable bonds is 6. The molecular weight excluding hydrogens is 226 g/mol. The smallest absolute Gasteiger partial charge is 0.257 e. The van der Waals surface area contributed by atoms with E-state index in [1.807, 2.05) is 24.1 Å². The van der Waals surface area contributed by atoms with E-state index in [9.17, 15) is 4.79 Å². The van der Waals surface area contributed by atoms with Gasteiger partial charge < -0.3 is 10.2 Å². The van der Waals surface area contributed by atoms with Crippen molar-refractivity contribution in [3.8, 4) is 0 Å². The van der Waals surface area contributed by atoms with Crippen LogP contribution >= 0.6 is 0 Å². The molecule has 0 aromatic carbocycles. The van der Waals surface area contributed by atoms with Crippen molar-refractivity contribution in [3.05, 3.63) is 23.9 Å². The van der Waals surface area contributed by atoms with E-state index >= 15 is 0 Å². The lowest BCUT2D eigenvalue weighted by atomic mass is 10.2. The zero-order valence-corrected chi connectivity index (χ0v) is 11.1. The summed E-state index contributed by atoms with van der Waals surface area (Å²) in [5.41, 5.74) is 0.675. The zero-order chi connectivity index (χ0) is 13.0. The van der Waals surface area contributed by atoms with E-state index in [2.05, 4.69) is 17.2 Å². The van der Waals surface area contributed by atoms with Crippen LogP contribution in [0.25, 0.3) is 0 Å². The summed E-state index contributed by atoms with van der Waals surface area (Å²) in [6.45, 7) is 3.79. The SMILES string of the molecule is CCCNc1ncccc1C(=O)N(C)CC1CC1. The molecule has 0 aliphatic heterocycles. The second-order valence-corrected chi connectivity index (χ2v) is 4.96. The van der Waals surface area contributed by atoms with E-state index in [1.54, 1.807) is 6.20 Å². The molecule has 1 aliphatic carbocycles. The Labute approximate surface area is 108 Å². The van der Waals surface area contributed by atoms with Crippen LogP contribution in [0, 0.1) is 5.92 Å². The molecule has 0 radical (unpaired) electrons. The number of nitrogens with zero attached hydrogens (tertiary/aromatic N) is 2. The lowest BCUT2D eigenvalue weighted by Crippen LogP contribution is -2.29. The van der Waals surface area contributed by atoms with E-state index < -0.39 is 0 Å². The molecule has 1 aliphatic rings. The molecule has 0 unspecified atom stereocenters. The van der Waals surface area contributed by atoms with E-state index in [0.29, 0.717) is 17.3 Å². The van der Waals surface area contributed by atoms with Crippen LogP contribution in [0.1, 0.15) is 36.5 Å². The van der Waals surface area contributed by atoms with Crippen molar-refractivity contribution in [2.45, 2.75) is 26.2 Å². The zero-order valence-electron chi connectivity index (χ0n) is 11.1. The van der Waals surface area contributed by atoms with Gasteiger partial charge in [0.05, 0.1) is 5.56 Å². The third-order valence-electron chi connectivity index (χ3n) is 3.16. The summed E-state index contributed by atoms with van der Waals surface area (Å²) in [7, 11) is 1.87. The molecule has 1 aromatic rings. The highest BCUT2D eigenvalue weighted by Gasteiger charge is 2.26. The van der Waals surface area contributed by atoms with Gasteiger partial charge in [-0.2, -0.15) is 0 Å². The summed E-state index contributed by atoms with van der Waals surface area (Å²) in [6, 6.07) is 3.66. The van der Waals surface area contributed by atoms with Crippen molar-refractivity contribution in [3.63, 3.8) is 0 Å². The Morgan fingerprint density at radius 2 is 2.33 bits per heavy atom. The van der Waals surface area contributed by atoms with Crippen molar-refractivity contribution >= 4 is 11.7 Å². The number of pyridine rings is 1. The maximum absolute atomic E-state index is 12.3. The van der Waals surface area contributed by atoms with Crippen LogP contribution in [0.4, 0.5) is 5.82 Å². The van der Waals surface area contributed by atoms with Crippen molar-refractivity contribution in [2.24, 2.45) is 5.92 Å². The number of hydrogen-bond donors (Lipinski definition) is 1. The lowest BCUT2D eigenvalue weighted by Gasteiger charge is -2.18. The fraction of sp³-hybridized carbons (Fsp3) is 0.571. The first-order valence-electron chi connectivity index (χ1n) is 6.66. The first-order valence-corrected chi connectivity index (χ1v) is 6.66. The minimum absolute atomic E-state index is 0.0635. The van der Waals surface area contributed by atoms with Crippen LogP contribution in [-0.4, -0.2) is 35.9 Å². The number of carbonyl (C=O) groups is 1. The molecule has 1 aromatic heterocycles. The highest BCUT2D eigenvalue weighted by atomic mass is 16.2. The molecule has 1 N–H and O–H groups in total. The van der Waals surface area contributed by atoms with E-state index in [4.69, 9.17) is 0 Å². The molecule has 1 fully saturated rings. The molecule has 1 amide bonds. The van der Waals surface area contributed by atoms with Gasteiger partial charge in [0, 0.05) is 26.3 Å². The van der Waals surface area contributed by atoms with Gasteiger partial charge in [0.15, 0.2) is 0 Å². The third-order valence-corrected chi connectivity index (χ3v) is 3.16. The Hall–Kier alpha value is -1.58. The number of anilines is 1. The Morgan fingerprint density at radius 1 is 1.56 bits per heavy atom. The minimum Gasteiger partial charge on any atom is -0.369 e. The highest BCUT2D eigenvalue weighted by Crippen LogP contribution is 2.29. The van der Waals surface area contributed by atoms with Gasteiger partial charge in [-0.15, -0.1) is 0 Å². The maximum Gasteiger partial charge on any atom is 0.257 e. The van der Waals surface area contributed by atoms with Crippen LogP contribution in [0.2, 0.25) is 0 Å². The normalized spacial score (nSPS) is 14.3. The predicted molar refractivity (Wildman–Crippen MR) is 72.7 cm³/mol. The minimum atomic E-state index is 0.0635. The van der Waals surface area contributed by atoms with Crippen molar-refractivity contribution in [1.82, 2.24) is 9.88 Å². The van der Waals surface area contributed by atoms with Crippen molar-refractivity contribution in [1.29, 1.82) is 0 Å². The average molecular weight is 247 g/mol. The number of hydrogen-bond acceptors (Lipinski definition) is 3. The molecule has 4 heteroatoms. The van der Waals surface area contributed by atoms with Gasteiger partial charge in [0.1, 0.15) is 5.82 Å². The van der Waals surface area contributed by atoms with Gasteiger partial charge in [-0.25, -0.2) is 4.98 Å². The second-order valence-electron chi connectivity index (χ2n) is 4.96. The van der Waals surface area contributed by atoms with E-state index in [-0.39, 0.29) is 5.91 Å². The number of carbonyl (C=O) groups excluding carboxylic acids is 1. The summed E-state index contributed by atoms with van der Waals surface area (Å²) in [6.07, 6.45) is 5.25. The fourth-order valence-electron chi connectivity index (χ4n) is 1.94. The quantitative estimate of drug-likeness (QED) is 0.839. The predicted octanol–water partition coefficient (Wildman–Crippen LogP) is 2.39. The molecule has 1 heterocycles. The highest BCUT2D eigenvalue weighted by molar-refractivity contribution is 5.98. The first kappa shape index (κ1) is 12.9. The van der Waals surface area contributed by atoms with Gasteiger partial charge in [0.25, 0.3) is 5.91 Å². The topological polar surface area (TPSA) is 45.2 Å². The molecular formula is C14H21N3O. The van der Waals surface area contributed by atoms with Gasteiger partial charge in [0.2, 0.25) is 0 Å². The molecule has 1 saturated carbocycles. The molecule has 0 saturated heterocycles. The number of amides is 1. The van der Waals surface area contributed by atoms with Crippen molar-refractivity contribution in [2.75, 3.05) is 25.5 Å². The van der Waals surface area contributed by atoms with Gasteiger partial charge in [-0.05, 0) is 37.3 Å². The van der Waals surface area contributed by atoms with Gasteiger partial charge in [-0.3, -0.25) is 4.79 Å². The standard InChI is InChI=1S/C14H21N3O/c1-3-8-15-13-12(5-4-9-16-13)14(18)17(2)10-11-6-7-11/h4-5,9,11H,3,6-8,10H2,1-2H3,(H,15,16). The molecule has 4 nitrogen and oxygen atoms in total.